The van der Waals surface area contributed by atoms with Crippen LogP contribution in [-0.4, -0.2) is 63.9 Å². The van der Waals surface area contributed by atoms with Crippen molar-refractivity contribution in [3.05, 3.63) is 59.2 Å². The third-order valence-electron chi connectivity index (χ3n) is 6.76. The van der Waals surface area contributed by atoms with Gasteiger partial charge in [0.05, 0.1) is 0 Å². The standard InChI is InChI=1S/C28H30N4O7/c1-28(2,3)39-27(37)31-13-12-23(31)38-19-7-4-16(5-8-19)24(34)29-18-6-9-20-17(14-18)15-32(26(20)36)21-10-11-22(33)30-25(21)35/h4-9,14,21,23H,10-13,15H2,1-3H3,(H,29,34)(H,30,33,35). The van der Waals surface area contributed by atoms with E-state index in [4.69, 9.17) is 9.47 Å². The van der Waals surface area contributed by atoms with Gasteiger partial charge in [-0.15, -0.1) is 0 Å². The summed E-state index contributed by atoms with van der Waals surface area (Å²) in [5.41, 5.74) is 1.49. The van der Waals surface area contributed by atoms with Crippen molar-refractivity contribution in [1.82, 2.24) is 15.1 Å². The summed E-state index contributed by atoms with van der Waals surface area (Å²) in [6, 6.07) is 10.9. The molecule has 5 rings (SSSR count). The Morgan fingerprint density at radius 3 is 2.41 bits per heavy atom. The van der Waals surface area contributed by atoms with Crippen molar-refractivity contribution in [3.63, 3.8) is 0 Å². The molecule has 204 valence electrons. The minimum Gasteiger partial charge on any atom is -0.470 e. The Labute approximate surface area is 225 Å². The summed E-state index contributed by atoms with van der Waals surface area (Å²) in [5.74, 6) is -0.898. The van der Waals surface area contributed by atoms with Crippen LogP contribution in [0.3, 0.4) is 0 Å². The quantitative estimate of drug-likeness (QED) is 0.563. The number of rotatable bonds is 5. The average molecular weight is 535 g/mol. The molecule has 5 amide bonds. The number of nitrogens with one attached hydrogen (secondary N) is 2. The maximum absolute atomic E-state index is 12.9. The maximum atomic E-state index is 12.9. The molecule has 39 heavy (non-hydrogen) atoms. The first-order valence-corrected chi connectivity index (χ1v) is 12.8. The van der Waals surface area contributed by atoms with Gasteiger partial charge in [0.1, 0.15) is 17.4 Å². The SMILES string of the molecule is CC(C)(C)OC(=O)N1CCC1Oc1ccc(C(=O)Nc2ccc3c(c2)CN(C2CCC(=O)NC2=O)C3=O)cc1. The van der Waals surface area contributed by atoms with Crippen LogP contribution in [0.2, 0.25) is 0 Å². The largest absolute Gasteiger partial charge is 0.470 e. The summed E-state index contributed by atoms with van der Waals surface area (Å²) in [5, 5.41) is 5.12. The highest BCUT2D eigenvalue weighted by molar-refractivity contribution is 6.07. The molecule has 0 aromatic heterocycles. The van der Waals surface area contributed by atoms with Crippen LogP contribution in [0.25, 0.3) is 0 Å². The Bertz CT molecular complexity index is 1350. The van der Waals surface area contributed by atoms with E-state index in [1.54, 1.807) is 42.5 Å². The molecule has 3 aliphatic rings. The molecule has 2 fully saturated rings. The highest BCUT2D eigenvalue weighted by atomic mass is 16.6. The molecule has 0 spiro atoms. The molecule has 2 aromatic rings. The summed E-state index contributed by atoms with van der Waals surface area (Å²) < 4.78 is 11.3. The zero-order valence-electron chi connectivity index (χ0n) is 22.0. The highest BCUT2D eigenvalue weighted by Gasteiger charge is 2.39. The topological polar surface area (TPSA) is 134 Å². The molecule has 2 saturated heterocycles. The minimum atomic E-state index is -0.697. The molecular formula is C28H30N4O7. The van der Waals surface area contributed by atoms with Crippen LogP contribution < -0.4 is 15.4 Å². The van der Waals surface area contributed by atoms with Gasteiger partial charge in [-0.25, -0.2) is 4.79 Å². The van der Waals surface area contributed by atoms with Crippen molar-refractivity contribution < 1.29 is 33.4 Å². The monoisotopic (exact) mass is 534 g/mol. The van der Waals surface area contributed by atoms with E-state index in [0.29, 0.717) is 41.1 Å². The van der Waals surface area contributed by atoms with Crippen LogP contribution in [0.5, 0.6) is 5.75 Å². The normalized spacial score (nSPS) is 20.6. The smallest absolute Gasteiger partial charge is 0.413 e. The van der Waals surface area contributed by atoms with Gasteiger partial charge in [0.15, 0.2) is 6.23 Å². The Hall–Kier alpha value is -4.41. The van der Waals surface area contributed by atoms with Gasteiger partial charge in [-0.3, -0.25) is 29.4 Å². The number of amides is 5. The number of carbonyl (C=O) groups is 5. The van der Waals surface area contributed by atoms with E-state index in [0.717, 1.165) is 0 Å². The summed E-state index contributed by atoms with van der Waals surface area (Å²) in [6.45, 7) is 6.20. The predicted octanol–water partition coefficient (Wildman–Crippen LogP) is 3.05. The number of fused-ring (bicyclic) bond motifs is 1. The summed E-state index contributed by atoms with van der Waals surface area (Å²) in [4.78, 5) is 64.7. The molecule has 3 heterocycles. The second-order valence-electron chi connectivity index (χ2n) is 10.8. The van der Waals surface area contributed by atoms with Crippen molar-refractivity contribution in [2.75, 3.05) is 11.9 Å². The molecule has 2 N–H and O–H groups in total. The average Bonchev–Trinajstić information content (AvgIpc) is 3.16. The number of likely N-dealkylation sites (tertiary alicyclic amines) is 1. The number of anilines is 1. The van der Waals surface area contributed by atoms with Crippen LogP contribution in [0.1, 0.15) is 66.3 Å². The van der Waals surface area contributed by atoms with E-state index in [9.17, 15) is 24.0 Å². The number of hydrogen-bond donors (Lipinski definition) is 2. The van der Waals surface area contributed by atoms with Crippen molar-refractivity contribution in [1.29, 1.82) is 0 Å². The van der Waals surface area contributed by atoms with Gasteiger partial charge in [0, 0.05) is 42.7 Å². The zero-order chi connectivity index (χ0) is 27.9. The summed E-state index contributed by atoms with van der Waals surface area (Å²) >= 11 is 0. The molecule has 3 aliphatic heterocycles. The molecule has 0 bridgehead atoms. The molecule has 11 heteroatoms. The minimum absolute atomic E-state index is 0.185. The molecule has 2 unspecified atom stereocenters. The van der Waals surface area contributed by atoms with Gasteiger partial charge in [-0.1, -0.05) is 0 Å². The Morgan fingerprint density at radius 2 is 1.77 bits per heavy atom. The van der Waals surface area contributed by atoms with Crippen molar-refractivity contribution >= 4 is 35.4 Å². The first-order valence-electron chi connectivity index (χ1n) is 12.8. The first kappa shape index (κ1) is 26.2. The van der Waals surface area contributed by atoms with Crippen molar-refractivity contribution in [2.45, 2.75) is 64.4 Å². The second kappa shape index (κ2) is 10.0. The number of imide groups is 1. The van der Waals surface area contributed by atoms with E-state index >= 15 is 0 Å². The van der Waals surface area contributed by atoms with Gasteiger partial charge in [0.25, 0.3) is 11.8 Å². The first-order chi connectivity index (χ1) is 18.5. The lowest BCUT2D eigenvalue weighted by Crippen LogP contribution is -2.55. The van der Waals surface area contributed by atoms with Gasteiger partial charge in [-0.05, 0) is 75.2 Å². The number of nitrogens with zero attached hydrogens (tertiary/aromatic N) is 2. The predicted molar refractivity (Wildman–Crippen MR) is 139 cm³/mol. The van der Waals surface area contributed by atoms with E-state index in [1.807, 2.05) is 20.8 Å². The Balaban J connectivity index is 1.18. The van der Waals surface area contributed by atoms with Crippen molar-refractivity contribution in [2.24, 2.45) is 0 Å². The number of piperidine rings is 1. The summed E-state index contributed by atoms with van der Waals surface area (Å²) in [7, 11) is 0. The highest BCUT2D eigenvalue weighted by Crippen LogP contribution is 2.30. The lowest BCUT2D eigenvalue weighted by Gasteiger charge is -2.40. The summed E-state index contributed by atoms with van der Waals surface area (Å²) in [6.07, 6.45) is 0.306. The number of hydrogen-bond acceptors (Lipinski definition) is 7. The Morgan fingerprint density at radius 1 is 1.03 bits per heavy atom. The number of carbonyl (C=O) groups excluding carboxylic acids is 5. The van der Waals surface area contributed by atoms with Gasteiger partial charge in [0.2, 0.25) is 11.8 Å². The molecule has 0 aliphatic carbocycles. The molecule has 2 atom stereocenters. The van der Waals surface area contributed by atoms with Crippen LogP contribution in [0.15, 0.2) is 42.5 Å². The fourth-order valence-corrected chi connectivity index (χ4v) is 4.71. The number of benzene rings is 2. The fraction of sp³-hybridized carbons (Fsp3) is 0.393. The Kier molecular flexibility index (Phi) is 6.75. The van der Waals surface area contributed by atoms with Crippen molar-refractivity contribution in [3.8, 4) is 5.75 Å². The molecule has 0 saturated carbocycles. The lowest BCUT2D eigenvalue weighted by atomic mass is 10.0. The van der Waals surface area contributed by atoms with E-state index in [2.05, 4.69) is 10.6 Å². The second-order valence-corrected chi connectivity index (χ2v) is 10.8. The van der Waals surface area contributed by atoms with E-state index < -0.39 is 29.9 Å². The molecular weight excluding hydrogens is 504 g/mol. The van der Waals surface area contributed by atoms with E-state index in [-0.39, 0.29) is 37.1 Å². The third kappa shape index (κ3) is 5.57. The van der Waals surface area contributed by atoms with Crippen LogP contribution in [-0.2, 0) is 20.9 Å². The van der Waals surface area contributed by atoms with Gasteiger partial charge in [-0.2, -0.15) is 0 Å². The van der Waals surface area contributed by atoms with Crippen LogP contribution >= 0.6 is 0 Å². The molecule has 2 aromatic carbocycles. The molecule has 11 nitrogen and oxygen atoms in total. The number of ether oxygens (including phenoxy) is 2. The lowest BCUT2D eigenvalue weighted by molar-refractivity contribution is -0.136. The maximum Gasteiger partial charge on any atom is 0.413 e. The van der Waals surface area contributed by atoms with Gasteiger partial charge < -0.3 is 19.7 Å². The molecule has 0 radical (unpaired) electrons. The van der Waals surface area contributed by atoms with Gasteiger partial charge >= 0.3 is 6.09 Å². The van der Waals surface area contributed by atoms with E-state index in [1.165, 1.54) is 9.80 Å². The fourth-order valence-electron chi connectivity index (χ4n) is 4.71. The third-order valence-corrected chi connectivity index (χ3v) is 6.76. The van der Waals surface area contributed by atoms with Crippen LogP contribution in [0, 0.1) is 0 Å². The zero-order valence-corrected chi connectivity index (χ0v) is 22.0. The van der Waals surface area contributed by atoms with Crippen LogP contribution in [0.4, 0.5) is 10.5 Å².